The van der Waals surface area contributed by atoms with Gasteiger partial charge in [0.15, 0.2) is 0 Å². The average Bonchev–Trinajstić information content (AvgIpc) is 2.17. The van der Waals surface area contributed by atoms with E-state index in [1.807, 2.05) is 0 Å². The van der Waals surface area contributed by atoms with Gasteiger partial charge in [-0.3, -0.25) is 4.79 Å². The molecule has 0 saturated heterocycles. The average molecular weight is 225 g/mol. The van der Waals surface area contributed by atoms with E-state index in [4.69, 9.17) is 0 Å². The van der Waals surface area contributed by atoms with Crippen molar-refractivity contribution in [2.24, 2.45) is 0 Å². The van der Waals surface area contributed by atoms with Crippen LogP contribution in [-0.4, -0.2) is 22.7 Å². The molecule has 0 fully saturated rings. The first kappa shape index (κ1) is 12.6. The monoisotopic (exact) mass is 225 g/mol. The second kappa shape index (κ2) is 4.61. The molecule has 0 bridgehead atoms. The summed E-state index contributed by atoms with van der Waals surface area (Å²) in [5, 5.41) is 12.1. The van der Waals surface area contributed by atoms with Crippen molar-refractivity contribution in [3.63, 3.8) is 0 Å². The number of aliphatic hydroxyl groups excluding tert-OH is 1. The Hall–Kier alpha value is -1.42. The zero-order chi connectivity index (χ0) is 12.3. The summed E-state index contributed by atoms with van der Waals surface area (Å²) in [6.45, 7) is 5.04. The molecule has 0 radical (unpaired) electrons. The van der Waals surface area contributed by atoms with Crippen molar-refractivity contribution in [3.8, 4) is 0 Å². The minimum Gasteiger partial charge on any atom is -0.391 e. The van der Waals surface area contributed by atoms with Crippen LogP contribution in [0.3, 0.4) is 0 Å². The summed E-state index contributed by atoms with van der Waals surface area (Å²) in [5.41, 5.74) is -0.346. The summed E-state index contributed by atoms with van der Waals surface area (Å²) in [5.74, 6) is -0.711. The van der Waals surface area contributed by atoms with Crippen molar-refractivity contribution < 1.29 is 14.3 Å². The van der Waals surface area contributed by atoms with E-state index in [2.05, 4.69) is 5.32 Å². The van der Waals surface area contributed by atoms with Crippen molar-refractivity contribution in [2.75, 3.05) is 0 Å². The number of carbonyl (C=O) groups excluding carboxylic acids is 1. The molecule has 1 amide bonds. The van der Waals surface area contributed by atoms with Crippen LogP contribution < -0.4 is 5.32 Å². The van der Waals surface area contributed by atoms with E-state index < -0.39 is 11.6 Å². The van der Waals surface area contributed by atoms with E-state index in [0.717, 1.165) is 0 Å². The Kier molecular flexibility index (Phi) is 3.65. The van der Waals surface area contributed by atoms with E-state index in [-0.39, 0.29) is 11.7 Å². The summed E-state index contributed by atoms with van der Waals surface area (Å²) in [7, 11) is 0. The van der Waals surface area contributed by atoms with Crippen LogP contribution in [0.5, 0.6) is 0 Å². The fourth-order valence-electron chi connectivity index (χ4n) is 1.07. The van der Waals surface area contributed by atoms with Crippen molar-refractivity contribution >= 4 is 5.91 Å². The van der Waals surface area contributed by atoms with Gasteiger partial charge in [-0.2, -0.15) is 0 Å². The topological polar surface area (TPSA) is 49.3 Å². The minimum atomic E-state index is -0.717. The molecule has 1 aromatic carbocycles. The number of benzene rings is 1. The summed E-state index contributed by atoms with van der Waals surface area (Å²) in [4.78, 5) is 11.7. The maximum absolute atomic E-state index is 12.6. The van der Waals surface area contributed by atoms with Gasteiger partial charge in [-0.1, -0.05) is 0 Å². The summed E-state index contributed by atoms with van der Waals surface area (Å²) in [6.07, 6.45) is -0.670. The van der Waals surface area contributed by atoms with Crippen LogP contribution >= 0.6 is 0 Å². The van der Waals surface area contributed by atoms with Crippen molar-refractivity contribution in [1.82, 2.24) is 5.32 Å². The van der Waals surface area contributed by atoms with Crippen LogP contribution in [0.2, 0.25) is 0 Å². The number of aliphatic hydroxyl groups is 1. The molecule has 0 aliphatic rings. The van der Waals surface area contributed by atoms with Crippen molar-refractivity contribution in [3.05, 3.63) is 35.6 Å². The molecule has 1 rings (SSSR count). The third kappa shape index (κ3) is 3.03. The lowest BCUT2D eigenvalue weighted by atomic mass is 9.98. The van der Waals surface area contributed by atoms with Crippen LogP contribution in [0.15, 0.2) is 24.3 Å². The molecule has 0 aromatic heterocycles. The standard InChI is InChI=1S/C12H16FNO2/c1-8(15)12(2,3)14-11(16)9-4-6-10(13)7-5-9/h4-8,15H,1-3H3,(H,14,16). The molecule has 1 unspecified atom stereocenters. The molecule has 0 aliphatic heterocycles. The highest BCUT2D eigenvalue weighted by molar-refractivity contribution is 5.94. The second-order valence-corrected chi connectivity index (χ2v) is 4.36. The molecule has 4 heteroatoms. The summed E-state index contributed by atoms with van der Waals surface area (Å²) < 4.78 is 12.6. The van der Waals surface area contributed by atoms with E-state index in [0.29, 0.717) is 5.56 Å². The first-order valence-electron chi connectivity index (χ1n) is 5.09. The van der Waals surface area contributed by atoms with E-state index in [9.17, 15) is 14.3 Å². The zero-order valence-electron chi connectivity index (χ0n) is 9.62. The summed E-state index contributed by atoms with van der Waals surface area (Å²) in [6, 6.07) is 5.26. The highest BCUT2D eigenvalue weighted by Gasteiger charge is 2.26. The number of hydrogen-bond acceptors (Lipinski definition) is 2. The molecule has 3 nitrogen and oxygen atoms in total. The van der Waals surface area contributed by atoms with Gasteiger partial charge in [-0.25, -0.2) is 4.39 Å². The predicted octanol–water partition coefficient (Wildman–Crippen LogP) is 1.71. The van der Waals surface area contributed by atoms with Crippen LogP contribution in [-0.2, 0) is 0 Å². The molecule has 88 valence electrons. The SMILES string of the molecule is CC(O)C(C)(C)NC(=O)c1ccc(F)cc1. The lowest BCUT2D eigenvalue weighted by Gasteiger charge is -2.29. The number of amides is 1. The number of carbonyl (C=O) groups is 1. The number of rotatable bonds is 3. The Balaban J connectivity index is 2.77. The lowest BCUT2D eigenvalue weighted by molar-refractivity contribution is 0.0709. The summed E-state index contributed by atoms with van der Waals surface area (Å²) >= 11 is 0. The molecule has 1 atom stereocenters. The van der Waals surface area contributed by atoms with Crippen molar-refractivity contribution in [2.45, 2.75) is 32.4 Å². The van der Waals surface area contributed by atoms with Gasteiger partial charge >= 0.3 is 0 Å². The van der Waals surface area contributed by atoms with Gasteiger partial charge in [0.1, 0.15) is 5.82 Å². The molecular formula is C12H16FNO2. The molecule has 16 heavy (non-hydrogen) atoms. The van der Waals surface area contributed by atoms with Gasteiger partial charge in [-0.05, 0) is 45.0 Å². The van der Waals surface area contributed by atoms with Gasteiger partial charge in [0.05, 0.1) is 11.6 Å². The molecule has 0 aliphatic carbocycles. The maximum atomic E-state index is 12.6. The van der Waals surface area contributed by atoms with Gasteiger partial charge in [0.25, 0.3) is 5.91 Å². The van der Waals surface area contributed by atoms with Crippen LogP contribution in [0.4, 0.5) is 4.39 Å². The highest BCUT2D eigenvalue weighted by atomic mass is 19.1. The third-order valence-corrected chi connectivity index (χ3v) is 2.59. The molecule has 0 spiro atoms. The van der Waals surface area contributed by atoms with Gasteiger partial charge in [-0.15, -0.1) is 0 Å². The van der Waals surface area contributed by atoms with Gasteiger partial charge in [0, 0.05) is 5.56 Å². The molecule has 1 aromatic rings. The number of halogens is 1. The van der Waals surface area contributed by atoms with Crippen LogP contribution in [0.1, 0.15) is 31.1 Å². The normalized spacial score (nSPS) is 13.3. The highest BCUT2D eigenvalue weighted by Crippen LogP contribution is 2.10. The molecule has 2 N–H and O–H groups in total. The Bertz CT molecular complexity index is 371. The Labute approximate surface area is 94.3 Å². The first-order valence-corrected chi connectivity index (χ1v) is 5.09. The molecule has 0 heterocycles. The number of nitrogens with one attached hydrogen (secondary N) is 1. The first-order chi connectivity index (χ1) is 7.33. The zero-order valence-corrected chi connectivity index (χ0v) is 9.62. The largest absolute Gasteiger partial charge is 0.391 e. The quantitative estimate of drug-likeness (QED) is 0.822. The number of hydrogen-bond donors (Lipinski definition) is 2. The van der Waals surface area contributed by atoms with E-state index in [1.54, 1.807) is 20.8 Å². The van der Waals surface area contributed by atoms with Crippen LogP contribution in [0, 0.1) is 5.82 Å². The van der Waals surface area contributed by atoms with E-state index >= 15 is 0 Å². The van der Waals surface area contributed by atoms with E-state index in [1.165, 1.54) is 24.3 Å². The minimum absolute atomic E-state index is 0.328. The van der Waals surface area contributed by atoms with Gasteiger partial charge < -0.3 is 10.4 Å². The molecule has 0 saturated carbocycles. The fourth-order valence-corrected chi connectivity index (χ4v) is 1.07. The fraction of sp³-hybridized carbons (Fsp3) is 0.417. The van der Waals surface area contributed by atoms with Crippen LogP contribution in [0.25, 0.3) is 0 Å². The second-order valence-electron chi connectivity index (χ2n) is 4.36. The van der Waals surface area contributed by atoms with Gasteiger partial charge in [0.2, 0.25) is 0 Å². The lowest BCUT2D eigenvalue weighted by Crippen LogP contribution is -2.50. The molecular weight excluding hydrogens is 209 g/mol. The predicted molar refractivity (Wildman–Crippen MR) is 59.6 cm³/mol. The third-order valence-electron chi connectivity index (χ3n) is 2.59. The Morgan fingerprint density at radius 3 is 2.31 bits per heavy atom. The Morgan fingerprint density at radius 1 is 1.38 bits per heavy atom. The maximum Gasteiger partial charge on any atom is 0.251 e. The van der Waals surface area contributed by atoms with Crippen molar-refractivity contribution in [1.29, 1.82) is 0 Å². The smallest absolute Gasteiger partial charge is 0.251 e. The Morgan fingerprint density at radius 2 is 1.88 bits per heavy atom.